The lowest BCUT2D eigenvalue weighted by molar-refractivity contribution is 0.0407. The van der Waals surface area contributed by atoms with Crippen LogP contribution in [0.2, 0.25) is 0 Å². The smallest absolute Gasteiger partial charge is 0.127 e. The highest BCUT2D eigenvalue weighted by molar-refractivity contribution is 5.73. The molecule has 0 spiro atoms. The third-order valence-electron chi connectivity index (χ3n) is 3.40. The van der Waals surface area contributed by atoms with Crippen LogP contribution in [0.25, 0.3) is 5.57 Å². The summed E-state index contributed by atoms with van der Waals surface area (Å²) in [5, 5.41) is 0. The van der Waals surface area contributed by atoms with E-state index in [0.717, 1.165) is 5.75 Å². The number of ether oxygens (including phenoxy) is 1. The number of hydrogen-bond donors (Lipinski definition) is 0. The van der Waals surface area contributed by atoms with Crippen molar-refractivity contribution < 1.29 is 4.74 Å². The normalized spacial score (nSPS) is 22.8. The molecule has 0 radical (unpaired) electrons. The van der Waals surface area contributed by atoms with Gasteiger partial charge >= 0.3 is 0 Å². The average Bonchev–Trinajstić information content (AvgIpc) is 2.15. The second-order valence-electron chi connectivity index (χ2n) is 5.45. The van der Waals surface area contributed by atoms with Gasteiger partial charge in [-0.1, -0.05) is 38.6 Å². The number of benzene rings is 1. The molecule has 0 saturated carbocycles. The minimum Gasteiger partial charge on any atom is -0.487 e. The summed E-state index contributed by atoms with van der Waals surface area (Å²) in [7, 11) is 0. The molecular weight excluding hydrogens is 196 g/mol. The van der Waals surface area contributed by atoms with E-state index in [0.29, 0.717) is 11.8 Å². The molecular formula is C15H20O. The molecule has 2 rings (SSSR count). The van der Waals surface area contributed by atoms with Crippen LogP contribution in [0.15, 0.2) is 30.8 Å². The summed E-state index contributed by atoms with van der Waals surface area (Å²) in [4.78, 5) is 0. The summed E-state index contributed by atoms with van der Waals surface area (Å²) in [6.07, 6.45) is 0. The lowest BCUT2D eigenvalue weighted by atomic mass is 9.73. The molecule has 1 aromatic carbocycles. The molecule has 0 aromatic heterocycles. The Hall–Kier alpha value is -1.24. The Balaban J connectivity index is 2.51. The van der Waals surface area contributed by atoms with Gasteiger partial charge in [-0.05, 0) is 31.4 Å². The van der Waals surface area contributed by atoms with Crippen molar-refractivity contribution >= 4 is 5.57 Å². The van der Waals surface area contributed by atoms with Crippen LogP contribution < -0.4 is 4.74 Å². The average molecular weight is 216 g/mol. The maximum absolute atomic E-state index is 6.10. The third kappa shape index (κ3) is 1.64. The maximum Gasteiger partial charge on any atom is 0.127 e. The minimum atomic E-state index is -0.167. The quantitative estimate of drug-likeness (QED) is 0.685. The fourth-order valence-electron chi connectivity index (χ4n) is 2.96. The first-order valence-corrected chi connectivity index (χ1v) is 5.90. The molecule has 86 valence electrons. The molecule has 1 aliphatic heterocycles. The van der Waals surface area contributed by atoms with Gasteiger partial charge in [-0.15, -0.1) is 0 Å². The van der Waals surface area contributed by atoms with Crippen LogP contribution in [0.4, 0.5) is 0 Å². The lowest BCUT2D eigenvalue weighted by Gasteiger charge is -2.43. The summed E-state index contributed by atoms with van der Waals surface area (Å²) < 4.78 is 6.10. The van der Waals surface area contributed by atoms with E-state index in [2.05, 4.69) is 40.3 Å². The van der Waals surface area contributed by atoms with Crippen molar-refractivity contribution in [2.24, 2.45) is 11.8 Å². The molecule has 0 amide bonds. The van der Waals surface area contributed by atoms with Gasteiger partial charge in [0.15, 0.2) is 0 Å². The predicted molar refractivity (Wildman–Crippen MR) is 68.5 cm³/mol. The molecule has 1 aromatic rings. The van der Waals surface area contributed by atoms with E-state index < -0.39 is 0 Å². The van der Waals surface area contributed by atoms with Gasteiger partial charge < -0.3 is 4.74 Å². The Morgan fingerprint density at radius 2 is 1.88 bits per heavy atom. The topological polar surface area (TPSA) is 9.23 Å². The van der Waals surface area contributed by atoms with Gasteiger partial charge in [0.1, 0.15) is 11.4 Å². The van der Waals surface area contributed by atoms with Crippen molar-refractivity contribution in [3.8, 4) is 5.75 Å². The molecule has 1 unspecified atom stereocenters. The van der Waals surface area contributed by atoms with Crippen LogP contribution in [-0.2, 0) is 0 Å². The van der Waals surface area contributed by atoms with Gasteiger partial charge in [0, 0.05) is 11.5 Å². The largest absolute Gasteiger partial charge is 0.487 e. The SMILES string of the molecule is C=C1c2ccccc2OC(C)(C)C1C(C)C. The van der Waals surface area contributed by atoms with E-state index in [1.54, 1.807) is 0 Å². The van der Waals surface area contributed by atoms with Crippen molar-refractivity contribution in [1.29, 1.82) is 0 Å². The summed E-state index contributed by atoms with van der Waals surface area (Å²) in [6, 6.07) is 8.18. The maximum atomic E-state index is 6.10. The molecule has 1 heteroatoms. The fraction of sp³-hybridized carbons (Fsp3) is 0.467. The van der Waals surface area contributed by atoms with Crippen LogP contribution >= 0.6 is 0 Å². The van der Waals surface area contributed by atoms with Gasteiger partial charge in [0.05, 0.1) is 0 Å². The van der Waals surface area contributed by atoms with Crippen molar-refractivity contribution in [3.63, 3.8) is 0 Å². The molecule has 1 heterocycles. The van der Waals surface area contributed by atoms with Gasteiger partial charge in [-0.25, -0.2) is 0 Å². The van der Waals surface area contributed by atoms with Gasteiger partial charge in [-0.3, -0.25) is 0 Å². The van der Waals surface area contributed by atoms with E-state index in [1.165, 1.54) is 11.1 Å². The molecule has 1 atom stereocenters. The Kier molecular flexibility index (Phi) is 2.57. The number of fused-ring (bicyclic) bond motifs is 1. The highest BCUT2D eigenvalue weighted by Gasteiger charge is 2.40. The van der Waals surface area contributed by atoms with E-state index in [4.69, 9.17) is 4.74 Å². The molecule has 1 aliphatic rings. The van der Waals surface area contributed by atoms with Gasteiger partial charge in [0.25, 0.3) is 0 Å². The van der Waals surface area contributed by atoms with Crippen molar-refractivity contribution in [2.75, 3.05) is 0 Å². The van der Waals surface area contributed by atoms with E-state index in [1.807, 2.05) is 18.2 Å². The van der Waals surface area contributed by atoms with Gasteiger partial charge in [-0.2, -0.15) is 0 Å². The van der Waals surface area contributed by atoms with Crippen molar-refractivity contribution in [1.82, 2.24) is 0 Å². The summed E-state index contributed by atoms with van der Waals surface area (Å²) >= 11 is 0. The second-order valence-corrected chi connectivity index (χ2v) is 5.45. The number of para-hydroxylation sites is 1. The lowest BCUT2D eigenvalue weighted by Crippen LogP contribution is -2.43. The van der Waals surface area contributed by atoms with Crippen LogP contribution in [0, 0.1) is 11.8 Å². The number of rotatable bonds is 1. The zero-order valence-corrected chi connectivity index (χ0v) is 10.6. The third-order valence-corrected chi connectivity index (χ3v) is 3.40. The Labute approximate surface area is 98.1 Å². The van der Waals surface area contributed by atoms with Crippen LogP contribution in [0.1, 0.15) is 33.3 Å². The van der Waals surface area contributed by atoms with Crippen LogP contribution in [0.3, 0.4) is 0 Å². The Bertz CT molecular complexity index is 415. The zero-order chi connectivity index (χ0) is 11.9. The fourth-order valence-corrected chi connectivity index (χ4v) is 2.96. The van der Waals surface area contributed by atoms with Crippen LogP contribution in [0.5, 0.6) is 5.75 Å². The van der Waals surface area contributed by atoms with E-state index >= 15 is 0 Å². The molecule has 1 nitrogen and oxygen atoms in total. The predicted octanol–water partition coefficient (Wildman–Crippen LogP) is 4.14. The minimum absolute atomic E-state index is 0.167. The zero-order valence-electron chi connectivity index (χ0n) is 10.6. The summed E-state index contributed by atoms with van der Waals surface area (Å²) in [6.45, 7) is 13.0. The van der Waals surface area contributed by atoms with E-state index in [9.17, 15) is 0 Å². The Morgan fingerprint density at radius 1 is 1.25 bits per heavy atom. The summed E-state index contributed by atoms with van der Waals surface area (Å²) in [5.41, 5.74) is 2.21. The molecule has 0 saturated heterocycles. The standard InChI is InChI=1S/C15H20O/c1-10(2)14-11(3)12-8-6-7-9-13(12)16-15(14,4)5/h6-10,14H,3H2,1-2,4-5H3. The van der Waals surface area contributed by atoms with E-state index in [-0.39, 0.29) is 5.60 Å². The van der Waals surface area contributed by atoms with Crippen molar-refractivity contribution in [2.45, 2.75) is 33.3 Å². The first-order valence-electron chi connectivity index (χ1n) is 5.90. The van der Waals surface area contributed by atoms with Crippen LogP contribution in [-0.4, -0.2) is 5.60 Å². The molecule has 0 aliphatic carbocycles. The van der Waals surface area contributed by atoms with Gasteiger partial charge in [0.2, 0.25) is 0 Å². The highest BCUT2D eigenvalue weighted by Crippen LogP contribution is 2.46. The molecule has 0 fully saturated rings. The second kappa shape index (κ2) is 3.65. The Morgan fingerprint density at radius 3 is 2.50 bits per heavy atom. The molecule has 16 heavy (non-hydrogen) atoms. The first kappa shape index (κ1) is 11.3. The molecule has 0 bridgehead atoms. The van der Waals surface area contributed by atoms with Crippen molar-refractivity contribution in [3.05, 3.63) is 36.4 Å². The first-order chi connectivity index (χ1) is 7.43. The monoisotopic (exact) mass is 216 g/mol. The summed E-state index contributed by atoms with van der Waals surface area (Å²) in [5.74, 6) is 1.88. The highest BCUT2D eigenvalue weighted by atomic mass is 16.5. The number of hydrogen-bond acceptors (Lipinski definition) is 1. The molecule has 0 N–H and O–H groups in total.